The molecule has 152 valence electrons. The molecule has 1 N–H and O–H groups in total. The number of alkyl carbamates (subject to hydrolysis) is 1. The zero-order chi connectivity index (χ0) is 20.2. The van der Waals surface area contributed by atoms with E-state index in [1.54, 1.807) is 0 Å². The van der Waals surface area contributed by atoms with Crippen molar-refractivity contribution in [3.63, 3.8) is 0 Å². The van der Waals surface area contributed by atoms with Gasteiger partial charge in [-0.2, -0.15) is 0 Å². The molecule has 0 aliphatic carbocycles. The molecule has 0 unspecified atom stereocenters. The first-order chi connectivity index (χ1) is 13.4. The highest BCUT2D eigenvalue weighted by Gasteiger charge is 2.15. The third-order valence-corrected chi connectivity index (χ3v) is 3.48. The number of amides is 1. The Balaban J connectivity index is 1.54. The highest BCUT2D eigenvalue weighted by atomic mass is 16.6. The van der Waals surface area contributed by atoms with Crippen LogP contribution < -0.4 is 14.8 Å². The summed E-state index contributed by atoms with van der Waals surface area (Å²) in [6.07, 6.45) is -0.443. The first-order valence-corrected chi connectivity index (χ1v) is 9.36. The molecule has 0 aliphatic rings. The maximum atomic E-state index is 11.5. The topological polar surface area (TPSA) is 66.0 Å². The monoisotopic (exact) mass is 387 g/mol. The summed E-state index contributed by atoms with van der Waals surface area (Å²) in [5.41, 5.74) is 0.627. The standard InChI is InChI=1S/C22H29NO5/c1-22(2,3)28-21(24)23-13-14-25-15-16-26-19-9-11-20(12-10-19)27-17-18-7-5-4-6-8-18/h4-12H,13-17H2,1-3H3,(H,23,24). The van der Waals surface area contributed by atoms with Gasteiger partial charge in [0.1, 0.15) is 30.3 Å². The normalized spacial score (nSPS) is 11.0. The van der Waals surface area contributed by atoms with E-state index in [1.165, 1.54) is 0 Å². The van der Waals surface area contributed by atoms with Crippen molar-refractivity contribution in [3.05, 3.63) is 60.2 Å². The minimum absolute atomic E-state index is 0.391. The Bertz CT molecular complexity index is 695. The van der Waals surface area contributed by atoms with Crippen LogP contribution in [0.5, 0.6) is 11.5 Å². The summed E-state index contributed by atoms with van der Waals surface area (Å²) in [5, 5.41) is 2.64. The number of benzene rings is 2. The quantitative estimate of drug-likeness (QED) is 0.620. The highest BCUT2D eigenvalue weighted by Crippen LogP contribution is 2.18. The van der Waals surface area contributed by atoms with Gasteiger partial charge in [-0.3, -0.25) is 0 Å². The molecular weight excluding hydrogens is 358 g/mol. The first-order valence-electron chi connectivity index (χ1n) is 9.36. The Labute approximate surface area is 166 Å². The van der Waals surface area contributed by atoms with Crippen LogP contribution in [0.1, 0.15) is 26.3 Å². The van der Waals surface area contributed by atoms with Gasteiger partial charge in [-0.15, -0.1) is 0 Å². The molecule has 0 fully saturated rings. The fourth-order valence-electron chi connectivity index (χ4n) is 2.23. The van der Waals surface area contributed by atoms with Gasteiger partial charge in [0.25, 0.3) is 0 Å². The van der Waals surface area contributed by atoms with E-state index in [9.17, 15) is 4.79 Å². The van der Waals surface area contributed by atoms with Crippen molar-refractivity contribution in [1.29, 1.82) is 0 Å². The molecule has 2 rings (SSSR count). The molecule has 6 heteroatoms. The predicted octanol–water partition coefficient (Wildman–Crippen LogP) is 4.19. The second-order valence-electron chi connectivity index (χ2n) is 7.14. The van der Waals surface area contributed by atoms with Gasteiger partial charge < -0.3 is 24.3 Å². The zero-order valence-corrected chi connectivity index (χ0v) is 16.8. The van der Waals surface area contributed by atoms with Crippen molar-refractivity contribution >= 4 is 6.09 Å². The Hall–Kier alpha value is -2.73. The van der Waals surface area contributed by atoms with Gasteiger partial charge >= 0.3 is 6.09 Å². The molecule has 0 spiro atoms. The number of ether oxygens (including phenoxy) is 4. The van der Waals surface area contributed by atoms with Crippen LogP contribution in [0, 0.1) is 0 Å². The molecule has 0 aromatic heterocycles. The average molecular weight is 387 g/mol. The van der Waals surface area contributed by atoms with E-state index >= 15 is 0 Å². The van der Waals surface area contributed by atoms with Crippen LogP contribution in [0.25, 0.3) is 0 Å². The van der Waals surface area contributed by atoms with Crippen molar-refractivity contribution in [2.75, 3.05) is 26.4 Å². The van der Waals surface area contributed by atoms with Crippen molar-refractivity contribution in [2.45, 2.75) is 33.0 Å². The number of carbonyl (C=O) groups excluding carboxylic acids is 1. The zero-order valence-electron chi connectivity index (χ0n) is 16.8. The molecule has 0 radical (unpaired) electrons. The number of hydrogen-bond acceptors (Lipinski definition) is 5. The lowest BCUT2D eigenvalue weighted by Crippen LogP contribution is -2.34. The third kappa shape index (κ3) is 9.28. The highest BCUT2D eigenvalue weighted by molar-refractivity contribution is 5.67. The smallest absolute Gasteiger partial charge is 0.407 e. The van der Waals surface area contributed by atoms with Gasteiger partial charge in [-0.1, -0.05) is 30.3 Å². The van der Waals surface area contributed by atoms with Crippen LogP contribution in [0.15, 0.2) is 54.6 Å². The Morgan fingerprint density at radius 1 is 0.857 bits per heavy atom. The fraction of sp³-hybridized carbons (Fsp3) is 0.409. The molecular formula is C22H29NO5. The van der Waals surface area contributed by atoms with Crippen LogP contribution in [0.2, 0.25) is 0 Å². The third-order valence-electron chi connectivity index (χ3n) is 3.48. The summed E-state index contributed by atoms with van der Waals surface area (Å²) in [4.78, 5) is 11.5. The van der Waals surface area contributed by atoms with E-state index in [4.69, 9.17) is 18.9 Å². The minimum Gasteiger partial charge on any atom is -0.491 e. The van der Waals surface area contributed by atoms with Gasteiger partial charge in [0, 0.05) is 6.54 Å². The second-order valence-corrected chi connectivity index (χ2v) is 7.14. The maximum absolute atomic E-state index is 11.5. The van der Waals surface area contributed by atoms with Gasteiger partial charge in [-0.05, 0) is 50.6 Å². The van der Waals surface area contributed by atoms with E-state index in [2.05, 4.69) is 5.32 Å². The average Bonchev–Trinajstić information content (AvgIpc) is 2.66. The van der Waals surface area contributed by atoms with Crippen LogP contribution in [-0.4, -0.2) is 38.1 Å². The molecule has 2 aromatic rings. The number of nitrogens with one attached hydrogen (secondary N) is 1. The summed E-state index contributed by atoms with van der Waals surface area (Å²) in [6, 6.07) is 17.5. The van der Waals surface area contributed by atoms with E-state index in [-0.39, 0.29) is 0 Å². The number of carbonyl (C=O) groups is 1. The SMILES string of the molecule is CC(C)(C)OC(=O)NCCOCCOc1ccc(OCc2ccccc2)cc1. The number of hydrogen-bond donors (Lipinski definition) is 1. The summed E-state index contributed by atoms with van der Waals surface area (Å²) >= 11 is 0. The lowest BCUT2D eigenvalue weighted by molar-refractivity contribution is 0.0489. The van der Waals surface area contributed by atoms with Crippen LogP contribution in [0.4, 0.5) is 4.79 Å². The summed E-state index contributed by atoms with van der Waals surface area (Å²) in [6.45, 7) is 7.65. The molecule has 0 saturated heterocycles. The summed E-state index contributed by atoms with van der Waals surface area (Å²) < 4.78 is 21.9. The lowest BCUT2D eigenvalue weighted by Gasteiger charge is -2.19. The van der Waals surface area contributed by atoms with Crippen molar-refractivity contribution in [2.24, 2.45) is 0 Å². The summed E-state index contributed by atoms with van der Waals surface area (Å²) in [5.74, 6) is 1.54. The Kier molecular flexibility index (Phi) is 8.62. The van der Waals surface area contributed by atoms with Crippen LogP contribution in [0.3, 0.4) is 0 Å². The predicted molar refractivity (Wildman–Crippen MR) is 108 cm³/mol. The second kappa shape index (κ2) is 11.2. The van der Waals surface area contributed by atoms with E-state index < -0.39 is 11.7 Å². The van der Waals surface area contributed by atoms with Gasteiger partial charge in [0.2, 0.25) is 0 Å². The molecule has 2 aromatic carbocycles. The van der Waals surface area contributed by atoms with Crippen molar-refractivity contribution in [1.82, 2.24) is 5.32 Å². The van der Waals surface area contributed by atoms with Crippen molar-refractivity contribution in [3.8, 4) is 11.5 Å². The fourth-order valence-corrected chi connectivity index (χ4v) is 2.23. The van der Waals surface area contributed by atoms with Crippen LogP contribution >= 0.6 is 0 Å². The van der Waals surface area contributed by atoms with E-state index in [0.717, 1.165) is 17.1 Å². The number of rotatable bonds is 10. The molecule has 6 nitrogen and oxygen atoms in total. The molecule has 1 amide bonds. The van der Waals surface area contributed by atoms with E-state index in [1.807, 2.05) is 75.4 Å². The molecule has 0 bridgehead atoms. The lowest BCUT2D eigenvalue weighted by atomic mass is 10.2. The minimum atomic E-state index is -0.499. The Morgan fingerprint density at radius 2 is 1.50 bits per heavy atom. The maximum Gasteiger partial charge on any atom is 0.407 e. The Morgan fingerprint density at radius 3 is 2.14 bits per heavy atom. The van der Waals surface area contributed by atoms with Crippen molar-refractivity contribution < 1.29 is 23.7 Å². The summed E-state index contributed by atoms with van der Waals surface area (Å²) in [7, 11) is 0. The largest absolute Gasteiger partial charge is 0.491 e. The van der Waals surface area contributed by atoms with Gasteiger partial charge in [0.15, 0.2) is 0 Å². The van der Waals surface area contributed by atoms with E-state index in [0.29, 0.717) is 33.0 Å². The van der Waals surface area contributed by atoms with Crippen LogP contribution in [-0.2, 0) is 16.1 Å². The molecule has 0 atom stereocenters. The molecule has 28 heavy (non-hydrogen) atoms. The first kappa shape index (κ1) is 21.6. The molecule has 0 aliphatic heterocycles. The molecule has 0 saturated carbocycles. The van der Waals surface area contributed by atoms with Gasteiger partial charge in [-0.25, -0.2) is 4.79 Å². The van der Waals surface area contributed by atoms with Gasteiger partial charge in [0.05, 0.1) is 13.2 Å². The molecule has 0 heterocycles.